The molecule has 4 rings (SSSR count). The Labute approximate surface area is 182 Å². The van der Waals surface area contributed by atoms with Gasteiger partial charge in [-0.2, -0.15) is 0 Å². The summed E-state index contributed by atoms with van der Waals surface area (Å²) < 4.78 is 11.2. The van der Waals surface area contributed by atoms with Crippen LogP contribution in [0.5, 0.6) is 5.75 Å². The highest BCUT2D eigenvalue weighted by Crippen LogP contribution is 2.26. The molecule has 0 unspecified atom stereocenters. The fourth-order valence-corrected chi connectivity index (χ4v) is 3.98. The first-order valence-electron chi connectivity index (χ1n) is 10.8. The number of hydrogen-bond donors (Lipinski definition) is 2. The molecule has 0 radical (unpaired) electrons. The molecule has 0 bridgehead atoms. The summed E-state index contributed by atoms with van der Waals surface area (Å²) in [7, 11) is 0. The number of nitrogens with one attached hydrogen (secondary N) is 2. The molecule has 2 amide bonds. The van der Waals surface area contributed by atoms with Crippen LogP contribution in [0.15, 0.2) is 42.5 Å². The highest BCUT2D eigenvalue weighted by molar-refractivity contribution is 5.94. The number of aryl methyl sites for hydroxylation is 1. The van der Waals surface area contributed by atoms with E-state index in [0.717, 1.165) is 43.1 Å². The molecule has 7 nitrogen and oxygen atoms in total. The molecule has 1 fully saturated rings. The lowest BCUT2D eigenvalue weighted by Crippen LogP contribution is -2.40. The molecule has 7 heteroatoms. The quantitative estimate of drug-likeness (QED) is 0.715. The zero-order valence-electron chi connectivity index (χ0n) is 17.9. The van der Waals surface area contributed by atoms with Crippen molar-refractivity contribution in [2.75, 3.05) is 31.6 Å². The van der Waals surface area contributed by atoms with E-state index in [4.69, 9.17) is 9.47 Å². The van der Waals surface area contributed by atoms with Gasteiger partial charge in [0.1, 0.15) is 5.75 Å². The lowest BCUT2D eigenvalue weighted by atomic mass is 10.0. The van der Waals surface area contributed by atoms with Crippen molar-refractivity contribution in [1.82, 2.24) is 10.2 Å². The molecule has 2 aromatic carbocycles. The number of amides is 2. The fourth-order valence-electron chi connectivity index (χ4n) is 3.98. The Morgan fingerprint density at radius 2 is 2.10 bits per heavy atom. The molecule has 31 heavy (non-hydrogen) atoms. The SMILES string of the molecule is C[C@@H]1CN(Cc2cccc(CNC(=O)COc3ccc4c(c3)CCC(=O)N4)c2)CCO1. The van der Waals surface area contributed by atoms with Gasteiger partial charge in [-0.25, -0.2) is 0 Å². The van der Waals surface area contributed by atoms with Crippen LogP contribution in [0.3, 0.4) is 0 Å². The molecule has 0 spiro atoms. The van der Waals surface area contributed by atoms with Gasteiger partial charge in [-0.1, -0.05) is 24.3 Å². The molecule has 0 saturated carbocycles. The zero-order valence-corrected chi connectivity index (χ0v) is 17.9. The van der Waals surface area contributed by atoms with Crippen LogP contribution in [-0.4, -0.2) is 49.1 Å². The highest BCUT2D eigenvalue weighted by atomic mass is 16.5. The van der Waals surface area contributed by atoms with Gasteiger partial charge < -0.3 is 20.1 Å². The summed E-state index contributed by atoms with van der Waals surface area (Å²) in [5, 5.41) is 5.76. The smallest absolute Gasteiger partial charge is 0.258 e. The Kier molecular flexibility index (Phi) is 6.84. The number of rotatable bonds is 7. The van der Waals surface area contributed by atoms with Gasteiger partial charge in [0, 0.05) is 38.3 Å². The van der Waals surface area contributed by atoms with Crippen molar-refractivity contribution in [1.29, 1.82) is 0 Å². The number of morpholine rings is 1. The van der Waals surface area contributed by atoms with Gasteiger partial charge in [-0.15, -0.1) is 0 Å². The lowest BCUT2D eigenvalue weighted by molar-refractivity contribution is -0.123. The monoisotopic (exact) mass is 423 g/mol. The van der Waals surface area contributed by atoms with Gasteiger partial charge in [0.15, 0.2) is 6.61 Å². The number of anilines is 1. The van der Waals surface area contributed by atoms with Gasteiger partial charge in [0.2, 0.25) is 5.91 Å². The van der Waals surface area contributed by atoms with E-state index in [2.05, 4.69) is 34.6 Å². The van der Waals surface area contributed by atoms with Crippen LogP contribution >= 0.6 is 0 Å². The molecule has 1 saturated heterocycles. The predicted molar refractivity (Wildman–Crippen MR) is 118 cm³/mol. The van der Waals surface area contributed by atoms with Crippen LogP contribution in [0.2, 0.25) is 0 Å². The summed E-state index contributed by atoms with van der Waals surface area (Å²) in [6, 6.07) is 13.8. The Morgan fingerprint density at radius 1 is 1.23 bits per heavy atom. The number of benzene rings is 2. The first kappa shape index (κ1) is 21.3. The summed E-state index contributed by atoms with van der Waals surface area (Å²) in [4.78, 5) is 26.1. The van der Waals surface area contributed by atoms with E-state index in [1.165, 1.54) is 5.56 Å². The second kappa shape index (κ2) is 9.94. The van der Waals surface area contributed by atoms with E-state index in [0.29, 0.717) is 25.1 Å². The van der Waals surface area contributed by atoms with E-state index in [9.17, 15) is 9.59 Å². The maximum Gasteiger partial charge on any atom is 0.258 e. The lowest BCUT2D eigenvalue weighted by Gasteiger charge is -2.31. The van der Waals surface area contributed by atoms with Crippen molar-refractivity contribution in [2.45, 2.75) is 39.0 Å². The molecule has 0 aromatic heterocycles. The van der Waals surface area contributed by atoms with Crippen LogP contribution in [0.4, 0.5) is 5.69 Å². The topological polar surface area (TPSA) is 79.9 Å². The number of carbonyl (C=O) groups is 2. The molecule has 1 atom stereocenters. The third-order valence-corrected chi connectivity index (χ3v) is 5.55. The Hall–Kier alpha value is -2.90. The Bertz CT molecular complexity index is 946. The van der Waals surface area contributed by atoms with E-state index in [1.807, 2.05) is 24.3 Å². The predicted octanol–water partition coefficient (Wildman–Crippen LogP) is 2.49. The minimum absolute atomic E-state index is 0.0316. The molecule has 2 aliphatic heterocycles. The molecule has 2 N–H and O–H groups in total. The van der Waals surface area contributed by atoms with Crippen molar-refractivity contribution in [3.63, 3.8) is 0 Å². The Balaban J connectivity index is 1.24. The number of hydrogen-bond acceptors (Lipinski definition) is 5. The molecular formula is C24H29N3O4. The highest BCUT2D eigenvalue weighted by Gasteiger charge is 2.17. The standard InChI is InChI=1S/C24H29N3O4/c1-17-14-27(9-10-30-17)15-19-4-2-3-18(11-19)13-25-24(29)16-31-21-6-7-22-20(12-21)5-8-23(28)26-22/h2-4,6-7,11-12,17H,5,8-10,13-16H2,1H3,(H,25,29)(H,26,28)/t17-/m1/s1. The maximum atomic E-state index is 12.2. The number of carbonyl (C=O) groups excluding carboxylic acids is 2. The number of fused-ring (bicyclic) bond motifs is 1. The molecule has 2 aliphatic rings. The van der Waals surface area contributed by atoms with Gasteiger partial charge in [0.05, 0.1) is 12.7 Å². The van der Waals surface area contributed by atoms with Crippen LogP contribution in [0.1, 0.15) is 30.0 Å². The van der Waals surface area contributed by atoms with Gasteiger partial charge in [-0.3, -0.25) is 14.5 Å². The van der Waals surface area contributed by atoms with Crippen molar-refractivity contribution < 1.29 is 19.1 Å². The van der Waals surface area contributed by atoms with Crippen LogP contribution in [0.25, 0.3) is 0 Å². The zero-order chi connectivity index (χ0) is 21.6. The van der Waals surface area contributed by atoms with Crippen molar-refractivity contribution in [3.05, 3.63) is 59.2 Å². The van der Waals surface area contributed by atoms with Gasteiger partial charge in [0.25, 0.3) is 5.91 Å². The largest absolute Gasteiger partial charge is 0.484 e. The summed E-state index contributed by atoms with van der Waals surface area (Å²) in [5.74, 6) is 0.495. The van der Waals surface area contributed by atoms with Gasteiger partial charge in [-0.05, 0) is 48.2 Å². The Morgan fingerprint density at radius 3 is 2.97 bits per heavy atom. The first-order valence-corrected chi connectivity index (χ1v) is 10.8. The van der Waals surface area contributed by atoms with E-state index in [-0.39, 0.29) is 24.5 Å². The number of ether oxygens (including phenoxy) is 2. The molecule has 2 heterocycles. The minimum Gasteiger partial charge on any atom is -0.484 e. The average Bonchev–Trinajstić information content (AvgIpc) is 2.76. The maximum absolute atomic E-state index is 12.2. The van der Waals surface area contributed by atoms with Crippen molar-refractivity contribution >= 4 is 17.5 Å². The van der Waals surface area contributed by atoms with E-state index >= 15 is 0 Å². The third-order valence-electron chi connectivity index (χ3n) is 5.55. The summed E-state index contributed by atoms with van der Waals surface area (Å²) in [6.07, 6.45) is 1.43. The first-order chi connectivity index (χ1) is 15.0. The third kappa shape index (κ3) is 6.06. The number of nitrogens with zero attached hydrogens (tertiary/aromatic N) is 1. The molecule has 0 aliphatic carbocycles. The van der Waals surface area contributed by atoms with Crippen LogP contribution < -0.4 is 15.4 Å². The fraction of sp³-hybridized carbons (Fsp3) is 0.417. The summed E-state index contributed by atoms with van der Waals surface area (Å²) in [6.45, 7) is 6.06. The summed E-state index contributed by atoms with van der Waals surface area (Å²) >= 11 is 0. The van der Waals surface area contributed by atoms with Crippen molar-refractivity contribution in [2.24, 2.45) is 0 Å². The average molecular weight is 424 g/mol. The van der Waals surface area contributed by atoms with Crippen LogP contribution in [-0.2, 0) is 33.8 Å². The van der Waals surface area contributed by atoms with Crippen LogP contribution in [0, 0.1) is 0 Å². The second-order valence-electron chi connectivity index (χ2n) is 8.17. The minimum atomic E-state index is -0.168. The molecule has 164 valence electrons. The normalized spacial score (nSPS) is 18.7. The van der Waals surface area contributed by atoms with Gasteiger partial charge >= 0.3 is 0 Å². The van der Waals surface area contributed by atoms with E-state index < -0.39 is 0 Å². The second-order valence-corrected chi connectivity index (χ2v) is 8.17. The summed E-state index contributed by atoms with van der Waals surface area (Å²) in [5.41, 5.74) is 4.15. The molecule has 2 aromatic rings. The van der Waals surface area contributed by atoms with Crippen molar-refractivity contribution in [3.8, 4) is 5.75 Å². The molecular weight excluding hydrogens is 394 g/mol. The van der Waals surface area contributed by atoms with E-state index in [1.54, 1.807) is 6.07 Å².